The first-order valence-corrected chi connectivity index (χ1v) is 10.4. The Morgan fingerprint density at radius 1 is 1.26 bits per heavy atom. The Morgan fingerprint density at radius 3 is 2.69 bits per heavy atom. The van der Waals surface area contributed by atoms with Crippen LogP contribution in [0.25, 0.3) is 5.69 Å². The van der Waals surface area contributed by atoms with Crippen molar-refractivity contribution in [3.8, 4) is 11.4 Å². The maximum Gasteiger partial charge on any atom is 0.425 e. The second-order valence-corrected chi connectivity index (χ2v) is 7.90. The summed E-state index contributed by atoms with van der Waals surface area (Å²) in [5.41, 5.74) is -2.14. The van der Waals surface area contributed by atoms with Crippen LogP contribution in [0.3, 0.4) is 0 Å². The molecule has 0 bridgehead atoms. The molecule has 35 heavy (non-hydrogen) atoms. The quantitative estimate of drug-likeness (QED) is 0.514. The summed E-state index contributed by atoms with van der Waals surface area (Å²) in [6, 6.07) is 4.41. The Morgan fingerprint density at radius 2 is 2.00 bits per heavy atom. The van der Waals surface area contributed by atoms with Crippen molar-refractivity contribution in [2.75, 3.05) is 11.9 Å². The van der Waals surface area contributed by atoms with E-state index in [9.17, 15) is 27.2 Å². The van der Waals surface area contributed by atoms with Gasteiger partial charge < -0.3 is 14.8 Å². The number of aromatic nitrogens is 3. The predicted octanol–water partition coefficient (Wildman–Crippen LogP) is 4.08. The summed E-state index contributed by atoms with van der Waals surface area (Å²) in [7, 11) is 0. The lowest BCUT2D eigenvalue weighted by Crippen LogP contribution is -2.32. The Hall–Kier alpha value is -3.45. The van der Waals surface area contributed by atoms with Gasteiger partial charge in [0.2, 0.25) is 0 Å². The van der Waals surface area contributed by atoms with E-state index < -0.39 is 52.5 Å². The molecule has 0 saturated heterocycles. The van der Waals surface area contributed by atoms with Gasteiger partial charge in [-0.3, -0.25) is 9.36 Å². The third-order valence-electron chi connectivity index (χ3n) is 5.09. The number of hydrogen-bond donors (Lipinski definition) is 1. The minimum absolute atomic E-state index is 0.0206. The summed E-state index contributed by atoms with van der Waals surface area (Å²) in [5.74, 6) is -3.52. The SMILES string of the molecule is C[C@H](Oc1cc(-n2nc3n(c2=O)CCOC3)c(F)cc1C(=O)Nc1cc(F)ccc1Cl)C(F)(F)F. The monoisotopic (exact) mass is 518 g/mol. The number of anilines is 1. The van der Waals surface area contributed by atoms with Crippen LogP contribution >= 0.6 is 11.6 Å². The number of nitrogens with zero attached hydrogens (tertiary/aromatic N) is 3. The van der Waals surface area contributed by atoms with Crippen molar-refractivity contribution in [3.05, 3.63) is 68.9 Å². The zero-order valence-electron chi connectivity index (χ0n) is 17.8. The number of amides is 1. The lowest BCUT2D eigenvalue weighted by Gasteiger charge is -2.20. The first-order valence-electron chi connectivity index (χ1n) is 10.1. The molecule has 2 heterocycles. The van der Waals surface area contributed by atoms with Crippen molar-refractivity contribution in [2.24, 2.45) is 0 Å². The normalized spacial score (nSPS) is 14.4. The average molecular weight is 519 g/mol. The molecule has 3 aromatic rings. The maximum atomic E-state index is 15.1. The van der Waals surface area contributed by atoms with Gasteiger partial charge in [-0.2, -0.15) is 17.9 Å². The van der Waals surface area contributed by atoms with Crippen LogP contribution in [0.2, 0.25) is 5.02 Å². The molecule has 1 N–H and O–H groups in total. The molecule has 0 unspecified atom stereocenters. The highest BCUT2D eigenvalue weighted by Gasteiger charge is 2.39. The second-order valence-electron chi connectivity index (χ2n) is 7.49. The van der Waals surface area contributed by atoms with Gasteiger partial charge >= 0.3 is 11.9 Å². The number of carbonyl (C=O) groups excluding carboxylic acids is 1. The minimum atomic E-state index is -4.82. The number of carbonyl (C=O) groups is 1. The second kappa shape index (κ2) is 9.30. The van der Waals surface area contributed by atoms with Crippen LogP contribution in [-0.4, -0.2) is 39.1 Å². The van der Waals surface area contributed by atoms with Gasteiger partial charge in [-0.15, -0.1) is 5.10 Å². The number of ether oxygens (including phenoxy) is 2. The molecule has 186 valence electrons. The Bertz CT molecular complexity index is 1350. The van der Waals surface area contributed by atoms with Crippen molar-refractivity contribution in [2.45, 2.75) is 32.4 Å². The highest BCUT2D eigenvalue weighted by molar-refractivity contribution is 6.34. The van der Waals surface area contributed by atoms with Gasteiger partial charge in [0, 0.05) is 6.07 Å². The fourth-order valence-corrected chi connectivity index (χ4v) is 3.43. The molecule has 0 radical (unpaired) electrons. The number of nitrogens with one attached hydrogen (secondary N) is 1. The van der Waals surface area contributed by atoms with Gasteiger partial charge in [0.05, 0.1) is 29.4 Å². The summed E-state index contributed by atoms with van der Waals surface area (Å²) in [6.45, 7) is 1.04. The maximum absolute atomic E-state index is 15.1. The van der Waals surface area contributed by atoms with E-state index in [1.165, 1.54) is 4.57 Å². The summed E-state index contributed by atoms with van der Waals surface area (Å²) in [4.78, 5) is 25.5. The molecule has 1 atom stereocenters. The summed E-state index contributed by atoms with van der Waals surface area (Å²) >= 11 is 5.92. The molecular formula is C21H16ClF5N4O4. The van der Waals surface area contributed by atoms with Crippen LogP contribution in [-0.2, 0) is 17.9 Å². The predicted molar refractivity (Wildman–Crippen MR) is 113 cm³/mol. The largest absolute Gasteiger partial charge is 0.480 e. The van der Waals surface area contributed by atoms with Crippen LogP contribution in [0, 0.1) is 11.6 Å². The molecule has 2 aromatic carbocycles. The average Bonchev–Trinajstić information content (AvgIpc) is 3.13. The first kappa shape index (κ1) is 24.7. The van der Waals surface area contributed by atoms with Crippen molar-refractivity contribution in [1.29, 1.82) is 0 Å². The van der Waals surface area contributed by atoms with E-state index in [0.29, 0.717) is 17.7 Å². The van der Waals surface area contributed by atoms with Crippen LogP contribution < -0.4 is 15.7 Å². The van der Waals surface area contributed by atoms with Gasteiger partial charge in [0.15, 0.2) is 11.9 Å². The highest BCUT2D eigenvalue weighted by Crippen LogP contribution is 2.32. The molecule has 0 fully saturated rings. The van der Waals surface area contributed by atoms with Crippen LogP contribution in [0.5, 0.6) is 5.75 Å². The Labute approximate surface area is 198 Å². The van der Waals surface area contributed by atoms with Crippen LogP contribution in [0.1, 0.15) is 23.1 Å². The van der Waals surface area contributed by atoms with Crippen molar-refractivity contribution in [1.82, 2.24) is 14.3 Å². The fraction of sp³-hybridized carbons (Fsp3) is 0.286. The zero-order valence-corrected chi connectivity index (χ0v) is 18.6. The Balaban J connectivity index is 1.80. The van der Waals surface area contributed by atoms with Crippen LogP contribution in [0.4, 0.5) is 27.6 Å². The summed E-state index contributed by atoms with van der Waals surface area (Å²) in [5, 5.41) is 6.12. The third-order valence-corrected chi connectivity index (χ3v) is 5.42. The molecule has 8 nitrogen and oxygen atoms in total. The topological polar surface area (TPSA) is 87.4 Å². The lowest BCUT2D eigenvalue weighted by atomic mass is 10.1. The number of halogens is 6. The van der Waals surface area contributed by atoms with Crippen molar-refractivity contribution < 1.29 is 36.2 Å². The van der Waals surface area contributed by atoms with Gasteiger partial charge in [-0.1, -0.05) is 11.6 Å². The highest BCUT2D eigenvalue weighted by atomic mass is 35.5. The van der Waals surface area contributed by atoms with E-state index in [0.717, 1.165) is 24.3 Å². The molecular weight excluding hydrogens is 503 g/mol. The van der Waals surface area contributed by atoms with Gasteiger partial charge in [-0.25, -0.2) is 13.6 Å². The molecule has 1 aliphatic heterocycles. The number of alkyl halides is 3. The van der Waals surface area contributed by atoms with Gasteiger partial charge in [0.1, 0.15) is 29.7 Å². The number of hydrogen-bond acceptors (Lipinski definition) is 5. The summed E-state index contributed by atoms with van der Waals surface area (Å²) in [6.07, 6.45) is -7.22. The van der Waals surface area contributed by atoms with E-state index >= 15 is 4.39 Å². The lowest BCUT2D eigenvalue weighted by molar-refractivity contribution is -0.189. The molecule has 0 aliphatic carbocycles. The standard InChI is InChI=1S/C21H16ClF5N4O4/c1-10(21(25,26)27)35-17-8-16(31-20(33)30-4-5-34-9-18(30)29-31)14(24)7-12(17)19(32)28-15-6-11(23)2-3-13(15)22/h2-3,6-8,10H,4-5,9H2,1H3,(H,28,32)/t10-/m0/s1. The van der Waals surface area contributed by atoms with Crippen molar-refractivity contribution in [3.63, 3.8) is 0 Å². The number of benzene rings is 2. The third kappa shape index (κ3) is 5.00. The molecule has 0 saturated carbocycles. The summed E-state index contributed by atoms with van der Waals surface area (Å²) < 4.78 is 80.2. The fourth-order valence-electron chi connectivity index (χ4n) is 3.26. The smallest absolute Gasteiger partial charge is 0.425 e. The minimum Gasteiger partial charge on any atom is -0.480 e. The van der Waals surface area contributed by atoms with E-state index in [2.05, 4.69) is 10.4 Å². The number of rotatable bonds is 5. The molecule has 1 aliphatic rings. The molecule has 4 rings (SSSR count). The van der Waals surface area contributed by atoms with Gasteiger partial charge in [0.25, 0.3) is 5.91 Å². The molecule has 14 heteroatoms. The molecule has 1 amide bonds. The van der Waals surface area contributed by atoms with Crippen molar-refractivity contribution >= 4 is 23.2 Å². The molecule has 1 aromatic heterocycles. The zero-order chi connectivity index (χ0) is 25.5. The van der Waals surface area contributed by atoms with E-state index in [4.69, 9.17) is 21.1 Å². The van der Waals surface area contributed by atoms with Gasteiger partial charge in [-0.05, 0) is 31.2 Å². The molecule has 0 spiro atoms. The van der Waals surface area contributed by atoms with Crippen LogP contribution in [0.15, 0.2) is 35.1 Å². The van der Waals surface area contributed by atoms with E-state index in [1.807, 2.05) is 0 Å². The van der Waals surface area contributed by atoms with E-state index in [-0.39, 0.29) is 36.3 Å². The van der Waals surface area contributed by atoms with E-state index in [1.54, 1.807) is 0 Å². The first-order chi connectivity index (χ1) is 16.5. The number of fused-ring (bicyclic) bond motifs is 1. The Kier molecular flexibility index (Phi) is 6.56.